The first-order valence-corrected chi connectivity index (χ1v) is 7.26. The van der Waals surface area contributed by atoms with Gasteiger partial charge >= 0.3 is 12.0 Å². The largest absolute Gasteiger partial charge is 0.481 e. The number of amides is 2. The van der Waals surface area contributed by atoms with Crippen molar-refractivity contribution in [1.82, 2.24) is 9.80 Å². The fourth-order valence-corrected chi connectivity index (χ4v) is 2.70. The van der Waals surface area contributed by atoms with E-state index < -0.39 is 11.9 Å². The van der Waals surface area contributed by atoms with E-state index >= 15 is 0 Å². The predicted molar refractivity (Wildman–Crippen MR) is 80.0 cm³/mol. The van der Waals surface area contributed by atoms with E-state index in [4.69, 9.17) is 5.11 Å². The normalized spacial score (nSPS) is 18.4. The molecular formula is C16H22N2O3. The molecule has 1 fully saturated rings. The third-order valence-electron chi connectivity index (χ3n) is 4.04. The summed E-state index contributed by atoms with van der Waals surface area (Å²) in [5, 5.41) is 9.10. The lowest BCUT2D eigenvalue weighted by atomic mass is 9.98. The molecule has 114 valence electrons. The van der Waals surface area contributed by atoms with Gasteiger partial charge in [0, 0.05) is 26.7 Å². The predicted octanol–water partition coefficient (Wildman–Crippen LogP) is 2.34. The molecule has 2 amide bonds. The van der Waals surface area contributed by atoms with Crippen LogP contribution in [0.15, 0.2) is 24.3 Å². The minimum atomic E-state index is -0.811. The number of benzene rings is 1. The van der Waals surface area contributed by atoms with Crippen LogP contribution < -0.4 is 0 Å². The molecule has 0 bridgehead atoms. The van der Waals surface area contributed by atoms with Crippen molar-refractivity contribution < 1.29 is 14.7 Å². The summed E-state index contributed by atoms with van der Waals surface area (Å²) in [6.45, 7) is 3.52. The number of nitrogens with zero attached hydrogens (tertiary/aromatic N) is 2. The summed E-state index contributed by atoms with van der Waals surface area (Å²) in [6.07, 6.45) is 1.40. The maximum absolute atomic E-state index is 12.4. The molecule has 0 radical (unpaired) electrons. The Morgan fingerprint density at radius 2 is 2.10 bits per heavy atom. The van der Waals surface area contributed by atoms with Crippen molar-refractivity contribution in [3.05, 3.63) is 35.4 Å². The summed E-state index contributed by atoms with van der Waals surface area (Å²) >= 11 is 0. The van der Waals surface area contributed by atoms with Crippen molar-refractivity contribution in [2.24, 2.45) is 5.92 Å². The van der Waals surface area contributed by atoms with Crippen molar-refractivity contribution in [3.8, 4) is 0 Å². The van der Waals surface area contributed by atoms with E-state index in [0.717, 1.165) is 17.5 Å². The Balaban J connectivity index is 1.99. The van der Waals surface area contributed by atoms with Gasteiger partial charge in [-0.3, -0.25) is 4.79 Å². The van der Waals surface area contributed by atoms with Crippen LogP contribution >= 0.6 is 0 Å². The number of piperidine rings is 1. The number of carbonyl (C=O) groups excluding carboxylic acids is 1. The number of urea groups is 1. The monoisotopic (exact) mass is 290 g/mol. The van der Waals surface area contributed by atoms with Gasteiger partial charge in [0.25, 0.3) is 0 Å². The van der Waals surface area contributed by atoms with Crippen molar-refractivity contribution in [2.45, 2.75) is 26.3 Å². The smallest absolute Gasteiger partial charge is 0.320 e. The Bertz CT molecular complexity index is 530. The molecule has 1 heterocycles. The average molecular weight is 290 g/mol. The van der Waals surface area contributed by atoms with E-state index in [9.17, 15) is 9.59 Å². The minimum Gasteiger partial charge on any atom is -0.481 e. The van der Waals surface area contributed by atoms with Gasteiger partial charge in [0.2, 0.25) is 0 Å². The van der Waals surface area contributed by atoms with Gasteiger partial charge in [0.15, 0.2) is 0 Å². The molecule has 21 heavy (non-hydrogen) atoms. The van der Waals surface area contributed by atoms with Gasteiger partial charge in [-0.25, -0.2) is 4.79 Å². The second-order valence-corrected chi connectivity index (χ2v) is 5.69. The molecule has 5 nitrogen and oxygen atoms in total. The highest BCUT2D eigenvalue weighted by Gasteiger charge is 2.29. The zero-order valence-electron chi connectivity index (χ0n) is 12.6. The standard InChI is InChI=1S/C16H22N2O3/c1-12-6-3-4-7-13(12)10-17(2)16(21)18-9-5-8-14(11-18)15(19)20/h3-4,6-7,14H,5,8-11H2,1-2H3,(H,19,20). The molecule has 0 spiro atoms. The summed E-state index contributed by atoms with van der Waals surface area (Å²) in [5.41, 5.74) is 2.26. The summed E-state index contributed by atoms with van der Waals surface area (Å²) < 4.78 is 0. The number of aliphatic carboxylic acids is 1. The lowest BCUT2D eigenvalue weighted by Gasteiger charge is -2.34. The molecule has 1 atom stereocenters. The molecule has 1 aliphatic rings. The third kappa shape index (κ3) is 3.74. The lowest BCUT2D eigenvalue weighted by Crippen LogP contribution is -2.47. The van der Waals surface area contributed by atoms with E-state index in [1.807, 2.05) is 31.2 Å². The maximum Gasteiger partial charge on any atom is 0.320 e. The highest BCUT2D eigenvalue weighted by Crippen LogP contribution is 2.18. The molecule has 1 aromatic carbocycles. The van der Waals surface area contributed by atoms with Crippen LogP contribution in [-0.4, -0.2) is 47.0 Å². The van der Waals surface area contributed by atoms with Crippen molar-refractivity contribution in [2.75, 3.05) is 20.1 Å². The Labute approximate surface area is 125 Å². The first-order chi connectivity index (χ1) is 9.99. The van der Waals surface area contributed by atoms with E-state index in [-0.39, 0.29) is 6.03 Å². The molecule has 5 heteroatoms. The topological polar surface area (TPSA) is 60.9 Å². The van der Waals surface area contributed by atoms with Gasteiger partial charge in [0.1, 0.15) is 0 Å². The number of aryl methyl sites for hydroxylation is 1. The van der Waals surface area contributed by atoms with Gasteiger partial charge in [-0.2, -0.15) is 0 Å². The number of carbonyl (C=O) groups is 2. The second kappa shape index (κ2) is 6.61. The average Bonchev–Trinajstić information content (AvgIpc) is 2.49. The third-order valence-corrected chi connectivity index (χ3v) is 4.04. The van der Waals surface area contributed by atoms with Crippen LogP contribution in [-0.2, 0) is 11.3 Å². The van der Waals surface area contributed by atoms with Gasteiger partial charge in [-0.05, 0) is 30.9 Å². The zero-order chi connectivity index (χ0) is 15.4. The van der Waals surface area contributed by atoms with E-state index in [0.29, 0.717) is 26.1 Å². The highest BCUT2D eigenvalue weighted by molar-refractivity contribution is 5.76. The summed E-state index contributed by atoms with van der Waals surface area (Å²) in [7, 11) is 1.76. The zero-order valence-corrected chi connectivity index (χ0v) is 12.6. The first-order valence-electron chi connectivity index (χ1n) is 7.26. The first kappa shape index (κ1) is 15.4. The van der Waals surface area contributed by atoms with Crippen molar-refractivity contribution >= 4 is 12.0 Å². The number of hydrogen-bond acceptors (Lipinski definition) is 2. The summed E-state index contributed by atoms with van der Waals surface area (Å²) in [6, 6.07) is 7.87. The van der Waals surface area contributed by atoms with Crippen LogP contribution in [0.5, 0.6) is 0 Å². The Kier molecular flexibility index (Phi) is 4.83. The van der Waals surface area contributed by atoms with Crippen molar-refractivity contribution in [3.63, 3.8) is 0 Å². The maximum atomic E-state index is 12.4. The summed E-state index contributed by atoms with van der Waals surface area (Å²) in [4.78, 5) is 26.8. The van der Waals surface area contributed by atoms with Gasteiger partial charge in [-0.15, -0.1) is 0 Å². The molecule has 0 saturated carbocycles. The fourth-order valence-electron chi connectivity index (χ4n) is 2.70. The Morgan fingerprint density at radius 3 is 2.76 bits per heavy atom. The number of likely N-dealkylation sites (tertiary alicyclic amines) is 1. The second-order valence-electron chi connectivity index (χ2n) is 5.69. The number of carboxylic acids is 1. The van der Waals surface area contributed by atoms with Crippen LogP contribution in [0.25, 0.3) is 0 Å². The molecule has 1 unspecified atom stereocenters. The molecule has 1 aromatic rings. The molecule has 1 N–H and O–H groups in total. The Hall–Kier alpha value is -2.04. The summed E-state index contributed by atoms with van der Waals surface area (Å²) in [5.74, 6) is -1.25. The van der Waals surface area contributed by atoms with Crippen LogP contribution in [0.1, 0.15) is 24.0 Å². The van der Waals surface area contributed by atoms with Gasteiger partial charge in [0.05, 0.1) is 5.92 Å². The minimum absolute atomic E-state index is 0.0933. The van der Waals surface area contributed by atoms with E-state index in [1.165, 1.54) is 0 Å². The van der Waals surface area contributed by atoms with Crippen molar-refractivity contribution in [1.29, 1.82) is 0 Å². The lowest BCUT2D eigenvalue weighted by molar-refractivity contribution is -0.143. The molecular weight excluding hydrogens is 268 g/mol. The number of hydrogen-bond donors (Lipinski definition) is 1. The van der Waals surface area contributed by atoms with E-state index in [1.54, 1.807) is 16.8 Å². The molecule has 2 rings (SSSR count). The van der Waals surface area contributed by atoms with Gasteiger partial charge < -0.3 is 14.9 Å². The fraction of sp³-hybridized carbons (Fsp3) is 0.500. The molecule has 0 aliphatic carbocycles. The van der Waals surface area contributed by atoms with Gasteiger partial charge in [-0.1, -0.05) is 24.3 Å². The van der Waals surface area contributed by atoms with Crippen LogP contribution in [0.3, 0.4) is 0 Å². The quantitative estimate of drug-likeness (QED) is 0.929. The van der Waals surface area contributed by atoms with E-state index in [2.05, 4.69) is 0 Å². The number of carboxylic acid groups (broad SMARTS) is 1. The van der Waals surface area contributed by atoms with Crippen LogP contribution in [0.4, 0.5) is 4.79 Å². The molecule has 0 aromatic heterocycles. The SMILES string of the molecule is Cc1ccccc1CN(C)C(=O)N1CCCC(C(=O)O)C1. The molecule has 1 aliphatic heterocycles. The number of rotatable bonds is 3. The molecule has 1 saturated heterocycles. The highest BCUT2D eigenvalue weighted by atomic mass is 16.4. The van der Waals surface area contributed by atoms with Crippen LogP contribution in [0.2, 0.25) is 0 Å². The Morgan fingerprint density at radius 1 is 1.38 bits per heavy atom. The van der Waals surface area contributed by atoms with Crippen LogP contribution in [0, 0.1) is 12.8 Å².